The van der Waals surface area contributed by atoms with Crippen LogP contribution >= 0.6 is 11.6 Å². The highest BCUT2D eigenvalue weighted by molar-refractivity contribution is 6.74. The summed E-state index contributed by atoms with van der Waals surface area (Å²) in [5.74, 6) is -0.451. The summed E-state index contributed by atoms with van der Waals surface area (Å²) < 4.78 is 25.4. The van der Waals surface area contributed by atoms with Crippen molar-refractivity contribution in [1.82, 2.24) is 35.5 Å². The van der Waals surface area contributed by atoms with E-state index in [-0.39, 0.29) is 40.7 Å². The van der Waals surface area contributed by atoms with E-state index in [0.717, 1.165) is 6.07 Å². The normalized spacial score (nSPS) is 12.9. The topological polar surface area (TPSA) is 137 Å². The lowest BCUT2D eigenvalue weighted by atomic mass is 10.2. The molecule has 3 aromatic heterocycles. The Balaban J connectivity index is 1.67. The summed E-state index contributed by atoms with van der Waals surface area (Å²) in [6, 6.07) is 3.66. The number of pyridine rings is 2. The van der Waals surface area contributed by atoms with E-state index >= 15 is 0 Å². The van der Waals surface area contributed by atoms with E-state index in [9.17, 15) is 14.3 Å². The smallest absolute Gasteiger partial charge is 0.405 e. The Bertz CT molecular complexity index is 1170. The summed E-state index contributed by atoms with van der Waals surface area (Å²) in [4.78, 5) is 20.6. The van der Waals surface area contributed by atoms with Crippen molar-refractivity contribution in [3.8, 4) is 23.1 Å². The van der Waals surface area contributed by atoms with Gasteiger partial charge in [0, 0.05) is 6.20 Å². The van der Waals surface area contributed by atoms with E-state index in [4.69, 9.17) is 20.8 Å². The average Bonchev–Trinajstić information content (AvgIpc) is 3.22. The Labute approximate surface area is 207 Å². The van der Waals surface area contributed by atoms with E-state index in [1.165, 1.54) is 17.2 Å². The van der Waals surface area contributed by atoms with E-state index < -0.39 is 26.3 Å². The summed E-state index contributed by atoms with van der Waals surface area (Å²) in [7, 11) is -2.08. The molecule has 0 aliphatic rings. The second-order valence-corrected chi connectivity index (χ2v) is 14.6. The number of nitrogens with zero attached hydrogens (tertiary/aromatic N) is 6. The lowest BCUT2D eigenvalue weighted by molar-refractivity contribution is 0.172. The fourth-order valence-corrected chi connectivity index (χ4v) is 3.82. The van der Waals surface area contributed by atoms with Gasteiger partial charge in [0.15, 0.2) is 14.1 Å². The van der Waals surface area contributed by atoms with Crippen molar-refractivity contribution >= 4 is 26.0 Å². The third-order valence-electron chi connectivity index (χ3n) is 5.57. The van der Waals surface area contributed by atoms with Crippen LogP contribution in [0.2, 0.25) is 23.2 Å². The highest BCUT2D eigenvalue weighted by atomic mass is 35.5. The molecule has 1 amide bonds. The van der Waals surface area contributed by atoms with Crippen LogP contribution in [0.5, 0.6) is 11.6 Å². The Kier molecular flexibility index (Phi) is 8.02. The van der Waals surface area contributed by atoms with Crippen molar-refractivity contribution in [2.75, 3.05) is 6.61 Å². The number of tetrazole rings is 1. The molecule has 0 aromatic carbocycles. The minimum absolute atomic E-state index is 0.0175. The number of ether oxygens (including phenoxy) is 1. The first-order valence-corrected chi connectivity index (χ1v) is 14.0. The van der Waals surface area contributed by atoms with Crippen molar-refractivity contribution in [3.63, 3.8) is 0 Å². The second kappa shape index (κ2) is 10.6. The fraction of sp³-hybridized carbons (Fsp3) is 0.429. The molecular formula is C21H27ClFN7O4Si. The number of nitrogens with one attached hydrogen (secondary N) is 1. The Morgan fingerprint density at radius 3 is 2.63 bits per heavy atom. The highest BCUT2D eigenvalue weighted by Crippen LogP contribution is 2.36. The first-order valence-electron chi connectivity index (χ1n) is 10.7. The molecular weight excluding hydrogens is 497 g/mol. The maximum atomic E-state index is 13.9. The number of halogens is 2. The van der Waals surface area contributed by atoms with Gasteiger partial charge in [0.25, 0.3) is 5.88 Å². The summed E-state index contributed by atoms with van der Waals surface area (Å²) >= 11 is 5.69. The fourth-order valence-electron chi connectivity index (χ4n) is 2.62. The molecule has 35 heavy (non-hydrogen) atoms. The third kappa shape index (κ3) is 7.16. The van der Waals surface area contributed by atoms with Gasteiger partial charge >= 0.3 is 6.09 Å². The van der Waals surface area contributed by atoms with E-state index in [2.05, 4.69) is 64.6 Å². The lowest BCUT2D eigenvalue weighted by Crippen LogP contribution is -2.47. The zero-order valence-electron chi connectivity index (χ0n) is 20.0. The molecule has 0 saturated heterocycles. The molecule has 14 heteroatoms. The Morgan fingerprint density at radius 1 is 1.29 bits per heavy atom. The predicted molar refractivity (Wildman–Crippen MR) is 128 cm³/mol. The zero-order chi connectivity index (χ0) is 25.8. The van der Waals surface area contributed by atoms with Crippen molar-refractivity contribution in [3.05, 3.63) is 41.4 Å². The van der Waals surface area contributed by atoms with Gasteiger partial charge in [0.05, 0.1) is 30.4 Å². The molecule has 1 unspecified atom stereocenters. The number of carbonyl (C=O) groups is 1. The van der Waals surface area contributed by atoms with E-state index in [1.54, 1.807) is 12.1 Å². The van der Waals surface area contributed by atoms with Crippen LogP contribution in [-0.2, 0) is 11.0 Å². The van der Waals surface area contributed by atoms with Gasteiger partial charge in [0.2, 0.25) is 5.82 Å². The van der Waals surface area contributed by atoms with Crippen molar-refractivity contribution < 1.29 is 23.5 Å². The van der Waals surface area contributed by atoms with E-state index in [1.807, 2.05) is 0 Å². The molecule has 3 heterocycles. The molecule has 0 bridgehead atoms. The zero-order valence-corrected chi connectivity index (χ0v) is 21.7. The Morgan fingerprint density at radius 2 is 2.03 bits per heavy atom. The van der Waals surface area contributed by atoms with Crippen LogP contribution in [0.4, 0.5) is 9.18 Å². The van der Waals surface area contributed by atoms with Crippen LogP contribution in [0.1, 0.15) is 20.8 Å². The van der Waals surface area contributed by atoms with Gasteiger partial charge in [-0.2, -0.15) is 4.80 Å². The minimum atomic E-state index is -2.08. The van der Waals surface area contributed by atoms with Gasteiger partial charge < -0.3 is 19.6 Å². The number of hydrogen-bond acceptors (Lipinski definition) is 8. The molecule has 3 aromatic rings. The quantitative estimate of drug-likeness (QED) is 0.391. The Hall–Kier alpha value is -3.16. The molecule has 0 aliphatic heterocycles. The summed E-state index contributed by atoms with van der Waals surface area (Å²) in [6.45, 7) is 10.8. The molecule has 188 valence electrons. The number of carboxylic acid groups (broad SMARTS) is 1. The monoisotopic (exact) mass is 523 g/mol. The van der Waals surface area contributed by atoms with Crippen LogP contribution < -0.4 is 10.1 Å². The van der Waals surface area contributed by atoms with Crippen molar-refractivity contribution in [1.29, 1.82) is 0 Å². The van der Waals surface area contributed by atoms with Gasteiger partial charge in [-0.25, -0.2) is 19.2 Å². The van der Waals surface area contributed by atoms with Gasteiger partial charge in [-0.05, 0) is 41.5 Å². The van der Waals surface area contributed by atoms with Crippen LogP contribution in [0.3, 0.4) is 0 Å². The molecule has 0 fully saturated rings. The molecule has 0 spiro atoms. The van der Waals surface area contributed by atoms with Gasteiger partial charge in [-0.3, -0.25) is 0 Å². The SMILES string of the molecule is CC(C)(C)[Si](C)(C)OCC(Cn1nnc(-c2ccc(Oc3ncc(Cl)cc3F)cn2)n1)NC(=O)O. The van der Waals surface area contributed by atoms with Crippen molar-refractivity contribution in [2.45, 2.75) is 51.5 Å². The largest absolute Gasteiger partial charge is 0.465 e. The van der Waals surface area contributed by atoms with Crippen LogP contribution in [0, 0.1) is 5.82 Å². The maximum absolute atomic E-state index is 13.9. The van der Waals surface area contributed by atoms with Gasteiger partial charge in [-0.15, -0.1) is 10.2 Å². The predicted octanol–water partition coefficient (Wildman–Crippen LogP) is 4.37. The molecule has 0 aliphatic carbocycles. The van der Waals surface area contributed by atoms with Crippen LogP contribution in [0.25, 0.3) is 11.5 Å². The number of amides is 1. The standard InChI is InChI=1S/C21H27ClFN7O4Si/c1-21(2,3)35(4,5)33-12-14(26-20(31)32)11-30-28-18(27-29-30)17-7-6-15(10-24-17)34-19-16(23)8-13(22)9-25-19/h6-10,14,26H,11-12H2,1-5H3,(H,31,32). The average molecular weight is 524 g/mol. The lowest BCUT2D eigenvalue weighted by Gasteiger charge is -2.37. The summed E-state index contributed by atoms with van der Waals surface area (Å²) in [5, 5.41) is 24.1. The molecule has 1 atom stereocenters. The summed E-state index contributed by atoms with van der Waals surface area (Å²) in [5.41, 5.74) is 0.397. The first kappa shape index (κ1) is 26.4. The first-order chi connectivity index (χ1) is 16.3. The second-order valence-electron chi connectivity index (χ2n) is 9.31. The summed E-state index contributed by atoms with van der Waals surface area (Å²) in [6.07, 6.45) is 1.47. The van der Waals surface area contributed by atoms with E-state index in [0.29, 0.717) is 5.69 Å². The number of aromatic nitrogens is 6. The maximum Gasteiger partial charge on any atom is 0.405 e. The number of hydrogen-bond donors (Lipinski definition) is 2. The van der Waals surface area contributed by atoms with Crippen LogP contribution in [0.15, 0.2) is 30.6 Å². The molecule has 2 N–H and O–H groups in total. The molecule has 11 nitrogen and oxygen atoms in total. The minimum Gasteiger partial charge on any atom is -0.465 e. The highest BCUT2D eigenvalue weighted by Gasteiger charge is 2.37. The van der Waals surface area contributed by atoms with Gasteiger partial charge in [0.1, 0.15) is 11.4 Å². The number of rotatable bonds is 9. The molecule has 0 radical (unpaired) electrons. The van der Waals surface area contributed by atoms with Crippen LogP contribution in [-0.4, -0.2) is 62.3 Å². The molecule has 0 saturated carbocycles. The third-order valence-corrected chi connectivity index (χ3v) is 10.3. The van der Waals surface area contributed by atoms with Gasteiger partial charge in [-0.1, -0.05) is 32.4 Å². The molecule has 3 rings (SSSR count). The van der Waals surface area contributed by atoms with Crippen molar-refractivity contribution in [2.24, 2.45) is 0 Å².